The highest BCUT2D eigenvalue weighted by Crippen LogP contribution is 2.32. The highest BCUT2D eigenvalue weighted by molar-refractivity contribution is 5.56. The number of hydrogen-bond acceptors (Lipinski definition) is 2. The van der Waals surface area contributed by atoms with E-state index in [1.807, 2.05) is 0 Å². The van der Waals surface area contributed by atoms with Crippen molar-refractivity contribution in [1.82, 2.24) is 0 Å². The van der Waals surface area contributed by atoms with Crippen molar-refractivity contribution in [2.24, 2.45) is 0 Å². The zero-order valence-corrected chi connectivity index (χ0v) is 13.0. The number of hydrogen-bond donors (Lipinski definition) is 1. The second-order valence-electron chi connectivity index (χ2n) is 5.88. The first-order valence-electron chi connectivity index (χ1n) is 7.92. The summed E-state index contributed by atoms with van der Waals surface area (Å²) in [6.07, 6.45) is 1.21. The smallest absolute Gasteiger partial charge is 0.0376 e. The minimum Gasteiger partial charge on any atom is -0.385 e. The summed E-state index contributed by atoms with van der Waals surface area (Å²) in [4.78, 5) is 2.50. The van der Waals surface area contributed by atoms with E-state index in [1.54, 1.807) is 0 Å². The van der Waals surface area contributed by atoms with Gasteiger partial charge in [0.1, 0.15) is 0 Å². The topological polar surface area (TPSA) is 15.3 Å². The molecule has 110 valence electrons. The molecule has 0 aliphatic carbocycles. The van der Waals surface area contributed by atoms with E-state index in [0.29, 0.717) is 5.92 Å². The first kappa shape index (κ1) is 14.0. The molecule has 1 unspecified atom stereocenters. The highest BCUT2D eigenvalue weighted by Gasteiger charge is 2.21. The van der Waals surface area contributed by atoms with Gasteiger partial charge in [-0.2, -0.15) is 0 Å². The third-order valence-electron chi connectivity index (χ3n) is 4.40. The molecule has 1 atom stereocenters. The van der Waals surface area contributed by atoms with Crippen LogP contribution in [-0.2, 0) is 0 Å². The summed E-state index contributed by atoms with van der Waals surface area (Å²) in [6, 6.07) is 17.6. The summed E-state index contributed by atoms with van der Waals surface area (Å²) in [5.74, 6) is 0.614. The number of para-hydroxylation sites is 1. The Morgan fingerprint density at radius 3 is 2.81 bits per heavy atom. The number of nitrogens with zero attached hydrogens (tertiary/aromatic N) is 1. The van der Waals surface area contributed by atoms with E-state index in [1.165, 1.54) is 28.9 Å². The van der Waals surface area contributed by atoms with Gasteiger partial charge in [0.25, 0.3) is 0 Å². The van der Waals surface area contributed by atoms with Crippen molar-refractivity contribution < 1.29 is 0 Å². The van der Waals surface area contributed by atoms with Crippen LogP contribution in [0.4, 0.5) is 11.4 Å². The molecule has 2 nitrogen and oxygen atoms in total. The van der Waals surface area contributed by atoms with E-state index in [-0.39, 0.29) is 0 Å². The lowest BCUT2D eigenvalue weighted by Gasteiger charge is -2.32. The first-order valence-corrected chi connectivity index (χ1v) is 7.92. The quantitative estimate of drug-likeness (QED) is 0.891. The van der Waals surface area contributed by atoms with Gasteiger partial charge in [-0.3, -0.25) is 0 Å². The molecule has 2 aromatic rings. The van der Waals surface area contributed by atoms with Crippen LogP contribution in [0.15, 0.2) is 48.5 Å². The van der Waals surface area contributed by atoms with Crippen molar-refractivity contribution in [3.05, 3.63) is 59.7 Å². The summed E-state index contributed by atoms with van der Waals surface area (Å²) in [7, 11) is 0. The van der Waals surface area contributed by atoms with Crippen molar-refractivity contribution in [2.45, 2.75) is 26.2 Å². The molecule has 21 heavy (non-hydrogen) atoms. The Hall–Kier alpha value is -1.96. The van der Waals surface area contributed by atoms with Crippen molar-refractivity contribution in [3.8, 4) is 0 Å². The summed E-state index contributed by atoms with van der Waals surface area (Å²) in [6.45, 7) is 7.63. The molecule has 0 saturated heterocycles. The average Bonchev–Trinajstić information content (AvgIpc) is 2.52. The van der Waals surface area contributed by atoms with E-state index in [4.69, 9.17) is 0 Å². The Kier molecular flexibility index (Phi) is 4.14. The molecule has 0 fully saturated rings. The largest absolute Gasteiger partial charge is 0.385 e. The maximum Gasteiger partial charge on any atom is 0.0376 e. The molecule has 1 heterocycles. The van der Waals surface area contributed by atoms with Crippen LogP contribution in [0.25, 0.3) is 0 Å². The molecule has 0 aromatic heterocycles. The van der Waals surface area contributed by atoms with E-state index >= 15 is 0 Å². The minimum absolute atomic E-state index is 0.614. The number of nitrogens with one attached hydrogen (secondary N) is 1. The lowest BCUT2D eigenvalue weighted by atomic mass is 9.90. The second kappa shape index (κ2) is 6.21. The summed E-state index contributed by atoms with van der Waals surface area (Å²) in [5, 5.41) is 3.51. The van der Waals surface area contributed by atoms with Gasteiger partial charge >= 0.3 is 0 Å². The summed E-state index contributed by atoms with van der Waals surface area (Å²) in [5.41, 5.74) is 5.45. The van der Waals surface area contributed by atoms with Gasteiger partial charge in [0, 0.05) is 36.9 Å². The number of fused-ring (bicyclic) bond motifs is 1. The lowest BCUT2D eigenvalue weighted by molar-refractivity contribution is 0.605. The zero-order valence-electron chi connectivity index (χ0n) is 13.0. The molecule has 2 heteroatoms. The van der Waals surface area contributed by atoms with Crippen LogP contribution >= 0.6 is 0 Å². The maximum absolute atomic E-state index is 3.51. The second-order valence-corrected chi connectivity index (χ2v) is 5.88. The van der Waals surface area contributed by atoms with Crippen LogP contribution in [0, 0.1) is 6.92 Å². The number of anilines is 2. The van der Waals surface area contributed by atoms with E-state index in [0.717, 1.165) is 19.6 Å². The summed E-state index contributed by atoms with van der Waals surface area (Å²) >= 11 is 0. The Morgan fingerprint density at radius 1 is 1.14 bits per heavy atom. The Balaban J connectivity index is 1.82. The average molecular weight is 280 g/mol. The molecule has 2 aromatic carbocycles. The maximum atomic E-state index is 3.51. The fourth-order valence-electron chi connectivity index (χ4n) is 3.25. The fourth-order valence-corrected chi connectivity index (χ4v) is 3.25. The predicted molar refractivity (Wildman–Crippen MR) is 91.4 cm³/mol. The van der Waals surface area contributed by atoms with Gasteiger partial charge in [0.05, 0.1) is 0 Å². The van der Waals surface area contributed by atoms with Crippen LogP contribution in [0.2, 0.25) is 0 Å². The Bertz CT molecular complexity index is 606. The molecular weight excluding hydrogens is 256 g/mol. The van der Waals surface area contributed by atoms with Crippen LogP contribution in [0.1, 0.15) is 30.4 Å². The molecule has 3 rings (SSSR count). The fraction of sp³-hybridized carbons (Fsp3) is 0.368. The van der Waals surface area contributed by atoms with Gasteiger partial charge in [-0.1, -0.05) is 30.3 Å². The van der Waals surface area contributed by atoms with Gasteiger partial charge in [-0.05, 0) is 49.6 Å². The Morgan fingerprint density at radius 2 is 2.00 bits per heavy atom. The molecule has 0 amide bonds. The Labute approximate surface area is 127 Å². The molecule has 0 radical (unpaired) electrons. The van der Waals surface area contributed by atoms with E-state index in [2.05, 4.69) is 72.6 Å². The molecule has 0 saturated carbocycles. The van der Waals surface area contributed by atoms with Gasteiger partial charge in [0.15, 0.2) is 0 Å². The van der Waals surface area contributed by atoms with Crippen molar-refractivity contribution in [1.29, 1.82) is 0 Å². The van der Waals surface area contributed by atoms with Crippen molar-refractivity contribution >= 4 is 11.4 Å². The molecule has 1 aliphatic rings. The number of likely N-dealkylation sites (N-methyl/N-ethyl adjacent to an activating group) is 1. The van der Waals surface area contributed by atoms with E-state index in [9.17, 15) is 0 Å². The monoisotopic (exact) mass is 280 g/mol. The normalized spacial score (nSPS) is 17.0. The zero-order chi connectivity index (χ0) is 14.7. The van der Waals surface area contributed by atoms with Gasteiger partial charge in [0.2, 0.25) is 0 Å². The standard InChI is InChI=1S/C19H24N2/c1-3-21(17-8-6-7-15(2)13-17)14-16-11-12-20-19-10-5-4-9-18(16)19/h4-10,13,16,20H,3,11-12,14H2,1-2H3. The van der Waals surface area contributed by atoms with E-state index < -0.39 is 0 Å². The molecule has 0 bridgehead atoms. The number of rotatable bonds is 4. The number of aryl methyl sites for hydroxylation is 1. The first-order chi connectivity index (χ1) is 10.3. The lowest BCUT2D eigenvalue weighted by Crippen LogP contribution is -2.31. The van der Waals surface area contributed by atoms with Crippen LogP contribution < -0.4 is 10.2 Å². The van der Waals surface area contributed by atoms with Gasteiger partial charge in [-0.15, -0.1) is 0 Å². The molecular formula is C19H24N2. The highest BCUT2D eigenvalue weighted by atomic mass is 15.1. The van der Waals surface area contributed by atoms with Gasteiger partial charge < -0.3 is 10.2 Å². The molecule has 1 aliphatic heterocycles. The van der Waals surface area contributed by atoms with Crippen molar-refractivity contribution in [2.75, 3.05) is 29.9 Å². The van der Waals surface area contributed by atoms with Crippen LogP contribution in [-0.4, -0.2) is 19.6 Å². The predicted octanol–water partition coefficient (Wildman–Crippen LogP) is 4.42. The molecule has 1 N–H and O–H groups in total. The SMILES string of the molecule is CCN(CC1CCNc2ccccc21)c1cccc(C)c1. The molecule has 0 spiro atoms. The minimum atomic E-state index is 0.614. The van der Waals surface area contributed by atoms with Gasteiger partial charge in [-0.25, -0.2) is 0 Å². The third kappa shape index (κ3) is 3.05. The van der Waals surface area contributed by atoms with Crippen LogP contribution in [0.5, 0.6) is 0 Å². The summed E-state index contributed by atoms with van der Waals surface area (Å²) < 4.78 is 0. The van der Waals surface area contributed by atoms with Crippen LogP contribution in [0.3, 0.4) is 0 Å². The third-order valence-corrected chi connectivity index (χ3v) is 4.40. The van der Waals surface area contributed by atoms with Crippen molar-refractivity contribution in [3.63, 3.8) is 0 Å². The number of benzene rings is 2.